The number of carbonyl (C=O) groups excluding carboxylic acids is 1. The summed E-state index contributed by atoms with van der Waals surface area (Å²) in [7, 11) is 0. The van der Waals surface area contributed by atoms with Crippen molar-refractivity contribution in [3.05, 3.63) is 12.7 Å². The minimum Gasteiger partial charge on any atom is -0.365 e. The fourth-order valence-corrected chi connectivity index (χ4v) is 4.79. The summed E-state index contributed by atoms with van der Waals surface area (Å²) in [5, 5.41) is 7.33. The van der Waals surface area contributed by atoms with Gasteiger partial charge in [0.15, 0.2) is 11.6 Å². The molecule has 2 aromatic heterocycles. The number of anilines is 2. The number of ketones is 1. The zero-order valence-electron chi connectivity index (χ0n) is 17.1. The highest BCUT2D eigenvalue weighted by Gasteiger charge is 2.38. The normalized spacial score (nSPS) is 22.4. The average molecular weight is 384 g/mol. The van der Waals surface area contributed by atoms with Crippen LogP contribution in [0.2, 0.25) is 0 Å². The quantitative estimate of drug-likeness (QED) is 0.834. The van der Waals surface area contributed by atoms with Crippen LogP contribution in [0.3, 0.4) is 0 Å². The smallest absolute Gasteiger partial charge is 0.158 e. The Morgan fingerprint density at radius 2 is 1.57 bits per heavy atom. The first-order valence-electron chi connectivity index (χ1n) is 10.0. The molecule has 8 nitrogen and oxygen atoms in total. The largest absolute Gasteiger partial charge is 0.365 e. The van der Waals surface area contributed by atoms with E-state index in [2.05, 4.69) is 63.2 Å². The lowest BCUT2D eigenvalue weighted by Crippen LogP contribution is -2.60. The Morgan fingerprint density at radius 1 is 0.964 bits per heavy atom. The number of hydrogen-bond donors (Lipinski definition) is 2. The first-order valence-corrected chi connectivity index (χ1v) is 10.0. The van der Waals surface area contributed by atoms with E-state index in [4.69, 9.17) is 0 Å². The number of nitrogens with one attached hydrogen (secondary N) is 2. The van der Waals surface area contributed by atoms with Crippen molar-refractivity contribution in [3.8, 4) is 0 Å². The van der Waals surface area contributed by atoms with Gasteiger partial charge in [-0.05, 0) is 40.5 Å². The third kappa shape index (κ3) is 3.92. The zero-order chi connectivity index (χ0) is 19.9. The topological polar surface area (TPSA) is 95.9 Å². The highest BCUT2D eigenvalue weighted by Crippen LogP contribution is 2.32. The van der Waals surface area contributed by atoms with E-state index in [0.29, 0.717) is 31.7 Å². The highest BCUT2D eigenvalue weighted by molar-refractivity contribution is 5.93. The van der Waals surface area contributed by atoms with Gasteiger partial charge >= 0.3 is 0 Å². The molecule has 0 saturated carbocycles. The van der Waals surface area contributed by atoms with Crippen LogP contribution < -0.4 is 15.5 Å². The summed E-state index contributed by atoms with van der Waals surface area (Å²) in [5.41, 5.74) is 1.56. The van der Waals surface area contributed by atoms with Gasteiger partial charge in [0.05, 0.1) is 0 Å². The predicted molar refractivity (Wildman–Crippen MR) is 110 cm³/mol. The van der Waals surface area contributed by atoms with Gasteiger partial charge in [-0.3, -0.25) is 4.79 Å². The van der Waals surface area contributed by atoms with E-state index in [1.807, 2.05) is 0 Å². The number of nitrogens with zero attached hydrogens (tertiary/aromatic N) is 5. The number of carbonyl (C=O) groups is 1. The summed E-state index contributed by atoms with van der Waals surface area (Å²) >= 11 is 0. The molecule has 0 aromatic carbocycles. The fourth-order valence-electron chi connectivity index (χ4n) is 4.79. The molecule has 0 aliphatic carbocycles. The molecule has 28 heavy (non-hydrogen) atoms. The molecule has 2 aromatic rings. The first kappa shape index (κ1) is 19.0. The van der Waals surface area contributed by atoms with E-state index in [1.165, 1.54) is 0 Å². The van der Waals surface area contributed by atoms with Crippen molar-refractivity contribution in [1.29, 1.82) is 0 Å². The molecular formula is C20H29N7O. The van der Waals surface area contributed by atoms with E-state index < -0.39 is 0 Å². The number of Topliss-reactive ketones (excluding diaryl/α,β-unsaturated/α-hetero) is 1. The Morgan fingerprint density at radius 3 is 2.25 bits per heavy atom. The van der Waals surface area contributed by atoms with Crippen LogP contribution in [0.1, 0.15) is 53.4 Å². The van der Waals surface area contributed by atoms with Gasteiger partial charge in [0.2, 0.25) is 0 Å². The summed E-state index contributed by atoms with van der Waals surface area (Å²) in [6.07, 6.45) is 6.24. The molecule has 2 N–H and O–H groups in total. The second-order valence-electron chi connectivity index (χ2n) is 9.28. The van der Waals surface area contributed by atoms with Crippen LogP contribution in [0.4, 0.5) is 11.6 Å². The lowest BCUT2D eigenvalue weighted by molar-refractivity contribution is -0.119. The number of piperidine rings is 2. The minimum absolute atomic E-state index is 0.0444. The summed E-state index contributed by atoms with van der Waals surface area (Å²) in [4.78, 5) is 31.6. The number of fused-ring (bicyclic) bond motifs is 1. The fraction of sp³-hybridized carbons (Fsp3) is 0.650. The summed E-state index contributed by atoms with van der Waals surface area (Å²) < 4.78 is 0. The van der Waals surface area contributed by atoms with Crippen molar-refractivity contribution in [1.82, 2.24) is 25.3 Å². The van der Waals surface area contributed by atoms with Crippen LogP contribution in [0, 0.1) is 0 Å². The summed E-state index contributed by atoms with van der Waals surface area (Å²) in [6, 6.07) is 0.287. The molecule has 2 aliphatic rings. The number of aromatic nitrogens is 4. The Labute approximate surface area is 165 Å². The van der Waals surface area contributed by atoms with Crippen LogP contribution in [0.25, 0.3) is 11.0 Å². The van der Waals surface area contributed by atoms with Crippen molar-refractivity contribution < 1.29 is 4.79 Å². The lowest BCUT2D eigenvalue weighted by atomic mass is 9.79. The maximum absolute atomic E-state index is 11.6. The molecule has 0 atom stereocenters. The maximum atomic E-state index is 11.6. The Kier molecular flexibility index (Phi) is 4.69. The van der Waals surface area contributed by atoms with Crippen molar-refractivity contribution in [3.63, 3.8) is 0 Å². The second kappa shape index (κ2) is 6.92. The molecule has 0 spiro atoms. The van der Waals surface area contributed by atoms with Crippen LogP contribution in [0.5, 0.6) is 0 Å². The van der Waals surface area contributed by atoms with Gasteiger partial charge in [0, 0.05) is 43.1 Å². The summed E-state index contributed by atoms with van der Waals surface area (Å²) in [6.45, 7) is 10.3. The van der Waals surface area contributed by atoms with Gasteiger partial charge in [-0.1, -0.05) is 0 Å². The van der Waals surface area contributed by atoms with E-state index in [9.17, 15) is 4.79 Å². The first-order chi connectivity index (χ1) is 13.2. The molecule has 2 aliphatic heterocycles. The second-order valence-corrected chi connectivity index (χ2v) is 9.28. The van der Waals surface area contributed by atoms with E-state index in [1.54, 1.807) is 12.7 Å². The standard InChI is InChI=1S/C20H29N7O/c1-19(2)9-13(10-20(3,4)26-19)25-17-15-16(22-11-23-17)18(24-12-21-15)27-7-5-14(28)6-8-27/h11-13,26H,5-10H2,1-4H3,(H,22,23,25). The molecule has 0 bridgehead atoms. The molecule has 4 heterocycles. The van der Waals surface area contributed by atoms with Gasteiger partial charge in [-0.25, -0.2) is 19.9 Å². The van der Waals surface area contributed by atoms with Crippen molar-refractivity contribution >= 4 is 28.5 Å². The van der Waals surface area contributed by atoms with Crippen LogP contribution in [0.15, 0.2) is 12.7 Å². The molecular weight excluding hydrogens is 354 g/mol. The van der Waals surface area contributed by atoms with Crippen LogP contribution in [-0.2, 0) is 4.79 Å². The molecule has 0 radical (unpaired) electrons. The molecule has 8 heteroatoms. The molecule has 2 fully saturated rings. The zero-order valence-corrected chi connectivity index (χ0v) is 17.1. The monoisotopic (exact) mass is 383 g/mol. The van der Waals surface area contributed by atoms with E-state index in [-0.39, 0.29) is 17.1 Å². The lowest BCUT2D eigenvalue weighted by Gasteiger charge is -2.46. The van der Waals surface area contributed by atoms with Crippen molar-refractivity contribution in [2.24, 2.45) is 0 Å². The third-order valence-electron chi connectivity index (χ3n) is 5.55. The van der Waals surface area contributed by atoms with Crippen molar-refractivity contribution in [2.75, 3.05) is 23.3 Å². The molecule has 150 valence electrons. The van der Waals surface area contributed by atoms with Gasteiger partial charge in [0.25, 0.3) is 0 Å². The van der Waals surface area contributed by atoms with Gasteiger partial charge < -0.3 is 15.5 Å². The van der Waals surface area contributed by atoms with Crippen molar-refractivity contribution in [2.45, 2.75) is 70.5 Å². The molecule has 0 unspecified atom stereocenters. The maximum Gasteiger partial charge on any atom is 0.158 e. The molecule has 2 saturated heterocycles. The SMILES string of the molecule is CC1(C)CC(Nc2ncnc3c(N4CCC(=O)CC4)ncnc23)CC(C)(C)N1. The Balaban J connectivity index is 1.64. The third-order valence-corrected chi connectivity index (χ3v) is 5.55. The van der Waals surface area contributed by atoms with Gasteiger partial charge in [-0.15, -0.1) is 0 Å². The Bertz CT molecular complexity index is 869. The van der Waals surface area contributed by atoms with E-state index in [0.717, 1.165) is 35.5 Å². The van der Waals surface area contributed by atoms with E-state index >= 15 is 0 Å². The minimum atomic E-state index is 0.0444. The van der Waals surface area contributed by atoms with Crippen LogP contribution >= 0.6 is 0 Å². The van der Waals surface area contributed by atoms with Crippen LogP contribution in [-0.4, -0.2) is 55.9 Å². The molecule has 0 amide bonds. The average Bonchev–Trinajstić information content (AvgIpc) is 2.60. The predicted octanol–water partition coefficient (Wildman–Crippen LogP) is 2.31. The highest BCUT2D eigenvalue weighted by atomic mass is 16.1. The Hall–Kier alpha value is -2.35. The molecule has 4 rings (SSSR count). The van der Waals surface area contributed by atoms with Gasteiger partial charge in [0.1, 0.15) is 29.5 Å². The number of hydrogen-bond acceptors (Lipinski definition) is 8. The number of rotatable bonds is 3. The summed E-state index contributed by atoms with van der Waals surface area (Å²) in [5.74, 6) is 1.84. The van der Waals surface area contributed by atoms with Gasteiger partial charge in [-0.2, -0.15) is 0 Å².